The van der Waals surface area contributed by atoms with Crippen molar-refractivity contribution in [3.8, 4) is 0 Å². The van der Waals surface area contributed by atoms with Gasteiger partial charge in [0.05, 0.1) is 25.9 Å². The van der Waals surface area contributed by atoms with Crippen LogP contribution >= 0.6 is 7.82 Å². The van der Waals surface area contributed by atoms with E-state index in [1.807, 2.05) is 24.3 Å². The number of rotatable bonds is 42. The largest absolute Gasteiger partial charge is 0.472 e. The Hall–Kier alpha value is -1.85. The molecular weight excluding hydrogens is 759 g/mol. The molecule has 0 aliphatic rings. The van der Waals surface area contributed by atoms with Gasteiger partial charge in [0.25, 0.3) is 0 Å². The van der Waals surface area contributed by atoms with Crippen molar-refractivity contribution in [2.45, 2.75) is 212 Å². The highest BCUT2D eigenvalue weighted by Crippen LogP contribution is 2.43. The fraction of sp³-hybridized carbons (Fsp3) is 0.826. The summed E-state index contributed by atoms with van der Waals surface area (Å²) in [6.45, 7) is 4.49. The van der Waals surface area contributed by atoms with E-state index in [0.717, 1.165) is 63.7 Å². The van der Waals surface area contributed by atoms with Crippen LogP contribution in [0.15, 0.2) is 36.5 Å². The highest BCUT2D eigenvalue weighted by atomic mass is 31.2. The molecular formula is C46H85O11P. The second-order valence-corrected chi connectivity index (χ2v) is 17.5. The molecule has 0 saturated carbocycles. The lowest BCUT2D eigenvalue weighted by atomic mass is 10.0. The van der Waals surface area contributed by atoms with Crippen molar-refractivity contribution in [3.63, 3.8) is 0 Å². The number of hydrogen-bond donors (Lipinski definition) is 4. The summed E-state index contributed by atoms with van der Waals surface area (Å²) in [5.41, 5.74) is 0. The molecule has 12 heteroatoms. The third-order valence-electron chi connectivity index (χ3n) is 9.82. The minimum Gasteiger partial charge on any atom is -0.462 e. The summed E-state index contributed by atoms with van der Waals surface area (Å²) in [6, 6.07) is 0. The highest BCUT2D eigenvalue weighted by molar-refractivity contribution is 7.47. The maximum Gasteiger partial charge on any atom is 0.472 e. The Bertz CT molecular complexity index is 1090. The van der Waals surface area contributed by atoms with Crippen molar-refractivity contribution >= 4 is 19.8 Å². The lowest BCUT2D eigenvalue weighted by Gasteiger charge is -2.20. The molecule has 340 valence electrons. The van der Waals surface area contributed by atoms with Crippen molar-refractivity contribution < 1.29 is 52.9 Å². The van der Waals surface area contributed by atoms with Gasteiger partial charge in [0.15, 0.2) is 6.10 Å². The number of aliphatic hydroxyl groups excluding tert-OH is 3. The molecule has 0 saturated heterocycles. The first-order valence-corrected chi connectivity index (χ1v) is 24.4. The van der Waals surface area contributed by atoms with Crippen molar-refractivity contribution in [2.24, 2.45) is 5.92 Å². The molecule has 0 bridgehead atoms. The highest BCUT2D eigenvalue weighted by Gasteiger charge is 2.27. The van der Waals surface area contributed by atoms with Gasteiger partial charge in [-0.15, -0.1) is 0 Å². The van der Waals surface area contributed by atoms with Gasteiger partial charge in [-0.25, -0.2) is 4.57 Å². The molecule has 0 aliphatic carbocycles. The van der Waals surface area contributed by atoms with Crippen LogP contribution in [0.25, 0.3) is 0 Å². The minimum atomic E-state index is -4.63. The monoisotopic (exact) mass is 845 g/mol. The zero-order valence-corrected chi connectivity index (χ0v) is 37.7. The number of unbranched alkanes of at least 4 members (excludes halogenated alkanes) is 20. The van der Waals surface area contributed by atoms with Gasteiger partial charge in [-0.2, -0.15) is 0 Å². The Morgan fingerprint density at radius 2 is 1.12 bits per heavy atom. The van der Waals surface area contributed by atoms with Gasteiger partial charge >= 0.3 is 19.8 Å². The number of esters is 2. The lowest BCUT2D eigenvalue weighted by molar-refractivity contribution is -0.161. The lowest BCUT2D eigenvalue weighted by Crippen LogP contribution is -2.29. The molecule has 4 N–H and O–H groups in total. The first-order valence-electron chi connectivity index (χ1n) is 22.9. The molecule has 0 amide bonds. The Balaban J connectivity index is 4.29. The van der Waals surface area contributed by atoms with Gasteiger partial charge in [-0.1, -0.05) is 179 Å². The summed E-state index contributed by atoms with van der Waals surface area (Å²) in [7, 11) is -4.63. The maximum atomic E-state index is 12.6. The fourth-order valence-electron chi connectivity index (χ4n) is 6.27. The molecule has 11 nitrogen and oxygen atoms in total. The predicted octanol–water partition coefficient (Wildman–Crippen LogP) is 11.2. The van der Waals surface area contributed by atoms with Crippen LogP contribution in [-0.4, -0.2) is 76.9 Å². The summed E-state index contributed by atoms with van der Waals surface area (Å²) in [4.78, 5) is 35.0. The average Bonchev–Trinajstić information content (AvgIpc) is 3.19. The second-order valence-electron chi connectivity index (χ2n) is 16.1. The third-order valence-corrected chi connectivity index (χ3v) is 10.8. The first-order chi connectivity index (χ1) is 28.0. The maximum absolute atomic E-state index is 12.6. The Labute approximate surface area is 353 Å². The van der Waals surface area contributed by atoms with Crippen molar-refractivity contribution in [3.05, 3.63) is 36.5 Å². The van der Waals surface area contributed by atoms with E-state index in [-0.39, 0.29) is 19.4 Å². The van der Waals surface area contributed by atoms with Crippen LogP contribution in [0.5, 0.6) is 0 Å². The van der Waals surface area contributed by atoms with Crippen LogP contribution in [0, 0.1) is 5.92 Å². The zero-order chi connectivity index (χ0) is 43.0. The number of allylic oxidation sites excluding steroid dienone is 4. The van der Waals surface area contributed by atoms with E-state index in [0.29, 0.717) is 19.3 Å². The van der Waals surface area contributed by atoms with Gasteiger partial charge < -0.3 is 29.7 Å². The van der Waals surface area contributed by atoms with Crippen LogP contribution in [0.4, 0.5) is 0 Å². The van der Waals surface area contributed by atoms with E-state index in [1.54, 1.807) is 6.08 Å². The fourth-order valence-corrected chi connectivity index (χ4v) is 7.06. The van der Waals surface area contributed by atoms with Gasteiger partial charge in [-0.3, -0.25) is 18.6 Å². The topological polar surface area (TPSA) is 169 Å². The molecule has 2 unspecified atom stereocenters. The molecule has 0 heterocycles. The van der Waals surface area contributed by atoms with E-state index < -0.39 is 57.9 Å². The number of hydrogen-bond acceptors (Lipinski definition) is 10. The summed E-state index contributed by atoms with van der Waals surface area (Å²) in [5.74, 6) is -0.145. The number of aliphatic hydroxyl groups is 3. The van der Waals surface area contributed by atoms with Crippen molar-refractivity contribution in [2.75, 3.05) is 26.4 Å². The van der Waals surface area contributed by atoms with Crippen LogP contribution in [-0.2, 0) is 32.7 Å². The van der Waals surface area contributed by atoms with Crippen LogP contribution in [0.2, 0.25) is 0 Å². The number of carbonyl (C=O) groups is 2. The molecule has 0 aliphatic heterocycles. The number of ether oxygens (including phenoxy) is 2. The van der Waals surface area contributed by atoms with E-state index in [1.165, 1.54) is 83.5 Å². The molecule has 0 rings (SSSR count). The summed E-state index contributed by atoms with van der Waals surface area (Å²) in [5, 5.41) is 28.2. The second kappa shape index (κ2) is 40.6. The quantitative estimate of drug-likeness (QED) is 0.0152. The summed E-state index contributed by atoms with van der Waals surface area (Å²) >= 11 is 0. The van der Waals surface area contributed by atoms with Gasteiger partial charge in [-0.05, 0) is 44.4 Å². The smallest absolute Gasteiger partial charge is 0.462 e. The van der Waals surface area contributed by atoms with Gasteiger partial charge in [0.2, 0.25) is 0 Å². The van der Waals surface area contributed by atoms with Gasteiger partial charge in [0.1, 0.15) is 12.7 Å². The van der Waals surface area contributed by atoms with Crippen LogP contribution < -0.4 is 0 Å². The van der Waals surface area contributed by atoms with E-state index in [2.05, 4.69) is 31.4 Å². The average molecular weight is 845 g/mol. The Morgan fingerprint density at radius 1 is 0.621 bits per heavy atom. The molecule has 0 fully saturated rings. The van der Waals surface area contributed by atoms with Gasteiger partial charge in [0, 0.05) is 12.8 Å². The molecule has 0 aromatic carbocycles. The summed E-state index contributed by atoms with van der Waals surface area (Å²) < 4.78 is 32.7. The molecule has 0 aromatic heterocycles. The minimum absolute atomic E-state index is 0.172. The number of carbonyl (C=O) groups excluding carboxylic acids is 2. The third kappa shape index (κ3) is 40.9. The van der Waals surface area contributed by atoms with E-state index in [9.17, 15) is 29.3 Å². The van der Waals surface area contributed by atoms with Crippen LogP contribution in [0.3, 0.4) is 0 Å². The first kappa shape index (κ1) is 56.1. The normalized spacial score (nSPS) is 14.8. The molecule has 0 radical (unpaired) electrons. The van der Waals surface area contributed by atoms with E-state index in [4.69, 9.17) is 19.1 Å². The zero-order valence-electron chi connectivity index (χ0n) is 36.8. The predicted molar refractivity (Wildman–Crippen MR) is 234 cm³/mol. The number of phosphoric acid groups is 1. The molecule has 0 aromatic rings. The van der Waals surface area contributed by atoms with E-state index >= 15 is 0 Å². The van der Waals surface area contributed by atoms with Crippen molar-refractivity contribution in [1.82, 2.24) is 0 Å². The molecule has 0 spiro atoms. The standard InChI is InChI=1S/C46H85O11P/c1-4-5-27-33-42(48)34-29-24-20-16-14-18-21-25-30-35-45(50)54-39-44(40-56-58(52,53)55-38-43(49)37-47)57-46(51)36-31-26-22-17-13-11-9-7-6-8-10-12-15-19-23-28-32-41(2)3/h5,20,24,27,29,34,41-44,47-49H,4,6-19,21-23,25-26,28,30-33,35-40H2,1-3H3,(H,52,53)/b24-20+,27-5+,34-29+/t42?,43-,44+/m0/s1. The number of phosphoric ester groups is 1. The molecule has 58 heavy (non-hydrogen) atoms. The molecule has 4 atom stereocenters. The Morgan fingerprint density at radius 3 is 1.66 bits per heavy atom. The van der Waals surface area contributed by atoms with Crippen molar-refractivity contribution in [1.29, 1.82) is 0 Å². The van der Waals surface area contributed by atoms with Crippen LogP contribution in [0.1, 0.15) is 194 Å². The Kier molecular flexibility index (Phi) is 39.3. The summed E-state index contributed by atoms with van der Waals surface area (Å²) in [6.07, 6.45) is 37.3. The SMILES string of the molecule is CC/C=C/CC(O)/C=C/C=C/CCCCCCCC(=O)OC[C@H](COP(=O)(O)OC[C@@H](O)CO)OC(=O)CCCCCCCCCCCCCCCCCCC(C)C.